The predicted octanol–water partition coefficient (Wildman–Crippen LogP) is 2.44. The predicted molar refractivity (Wildman–Crippen MR) is 115 cm³/mol. The molecule has 0 atom stereocenters. The van der Waals surface area contributed by atoms with Crippen LogP contribution in [0.2, 0.25) is 0 Å². The second-order valence-corrected chi connectivity index (χ2v) is 6.78. The fraction of sp³-hybridized carbons (Fsp3) is 0.182. The summed E-state index contributed by atoms with van der Waals surface area (Å²) >= 11 is 0. The second kappa shape index (κ2) is 8.70. The summed E-state index contributed by atoms with van der Waals surface area (Å²) in [7, 11) is 0. The Morgan fingerprint density at radius 1 is 1.03 bits per heavy atom. The summed E-state index contributed by atoms with van der Waals surface area (Å²) in [4.78, 5) is 29.3. The highest BCUT2D eigenvalue weighted by Gasteiger charge is 2.13. The van der Waals surface area contributed by atoms with E-state index in [4.69, 9.17) is 9.47 Å². The maximum absolute atomic E-state index is 12.7. The van der Waals surface area contributed by atoms with E-state index in [9.17, 15) is 9.59 Å². The highest BCUT2D eigenvalue weighted by molar-refractivity contribution is 5.85. The molecule has 1 amide bonds. The van der Waals surface area contributed by atoms with Gasteiger partial charge in [-0.25, -0.2) is 14.3 Å². The molecular weight excluding hydrogens is 398 g/mol. The van der Waals surface area contributed by atoms with Gasteiger partial charge in [-0.1, -0.05) is 17.7 Å². The Hall–Kier alpha value is -4.14. The van der Waals surface area contributed by atoms with Crippen molar-refractivity contribution in [2.75, 3.05) is 18.6 Å². The molecule has 4 aromatic rings. The van der Waals surface area contributed by atoms with Crippen molar-refractivity contribution in [3.8, 4) is 17.2 Å². The van der Waals surface area contributed by atoms with Crippen LogP contribution in [0.5, 0.6) is 11.5 Å². The van der Waals surface area contributed by atoms with Gasteiger partial charge < -0.3 is 9.47 Å². The summed E-state index contributed by atoms with van der Waals surface area (Å²) in [6, 6.07) is 14.6. The van der Waals surface area contributed by atoms with Gasteiger partial charge in [0.05, 0.1) is 18.5 Å². The average molecular weight is 419 g/mol. The molecule has 158 valence electrons. The number of hydrogen-bond acceptors (Lipinski definition) is 6. The number of nitrogens with zero attached hydrogens (tertiary/aromatic N) is 4. The fourth-order valence-corrected chi connectivity index (χ4v) is 2.98. The van der Waals surface area contributed by atoms with E-state index in [0.717, 1.165) is 21.7 Å². The number of ether oxygens (including phenoxy) is 2. The zero-order chi connectivity index (χ0) is 21.8. The fourth-order valence-electron chi connectivity index (χ4n) is 2.98. The van der Waals surface area contributed by atoms with Crippen LogP contribution >= 0.6 is 0 Å². The van der Waals surface area contributed by atoms with Crippen LogP contribution in [0.15, 0.2) is 65.8 Å². The molecule has 0 radical (unpaired) electrons. The van der Waals surface area contributed by atoms with Gasteiger partial charge in [-0.2, -0.15) is 5.10 Å². The molecule has 0 aliphatic rings. The Morgan fingerprint density at radius 2 is 1.71 bits per heavy atom. The lowest BCUT2D eigenvalue weighted by atomic mass is 10.2. The number of benzene rings is 2. The third-order valence-electron chi connectivity index (χ3n) is 4.52. The largest absolute Gasteiger partial charge is 0.494 e. The molecule has 0 saturated heterocycles. The van der Waals surface area contributed by atoms with Crippen LogP contribution in [-0.4, -0.2) is 38.6 Å². The van der Waals surface area contributed by atoms with E-state index in [2.05, 4.69) is 15.5 Å². The first-order valence-corrected chi connectivity index (χ1v) is 9.73. The first kappa shape index (κ1) is 20.1. The molecule has 1 N–H and O–H groups in total. The number of amides is 1. The van der Waals surface area contributed by atoms with Gasteiger partial charge in [-0.15, -0.1) is 0 Å². The number of hydrogen-bond donors (Lipinski definition) is 1. The van der Waals surface area contributed by atoms with E-state index in [1.54, 1.807) is 28.9 Å². The molecule has 0 bridgehead atoms. The molecule has 0 spiro atoms. The van der Waals surface area contributed by atoms with E-state index >= 15 is 0 Å². The van der Waals surface area contributed by atoms with Crippen molar-refractivity contribution in [2.45, 2.75) is 13.8 Å². The molecular formula is C22H21N5O4. The molecule has 9 heteroatoms. The van der Waals surface area contributed by atoms with E-state index in [-0.39, 0.29) is 12.0 Å². The molecule has 0 aliphatic heterocycles. The topological polar surface area (TPSA) is 100 Å². The Labute approximate surface area is 177 Å². The molecule has 0 aliphatic carbocycles. The SMILES string of the molecule is CCOc1ccc(OCC(=O)Nn2cnc3c(cnn3-c3ccc(C)cc3)c2=O)cc1. The van der Waals surface area contributed by atoms with Crippen molar-refractivity contribution in [3.05, 3.63) is 77.0 Å². The lowest BCUT2D eigenvalue weighted by Crippen LogP contribution is -2.35. The smallest absolute Gasteiger partial charge is 0.283 e. The third-order valence-corrected chi connectivity index (χ3v) is 4.52. The summed E-state index contributed by atoms with van der Waals surface area (Å²) in [5.74, 6) is 0.735. The van der Waals surface area contributed by atoms with E-state index in [0.29, 0.717) is 18.0 Å². The van der Waals surface area contributed by atoms with Gasteiger partial charge in [0.15, 0.2) is 12.3 Å². The monoisotopic (exact) mass is 419 g/mol. The normalized spacial score (nSPS) is 10.8. The molecule has 31 heavy (non-hydrogen) atoms. The van der Waals surface area contributed by atoms with Crippen molar-refractivity contribution in [1.29, 1.82) is 0 Å². The van der Waals surface area contributed by atoms with E-state index in [1.807, 2.05) is 38.1 Å². The van der Waals surface area contributed by atoms with Gasteiger partial charge in [0.2, 0.25) is 0 Å². The molecule has 4 rings (SSSR count). The number of fused-ring (bicyclic) bond motifs is 1. The molecule has 9 nitrogen and oxygen atoms in total. The minimum atomic E-state index is -0.497. The average Bonchev–Trinajstić information content (AvgIpc) is 3.21. The lowest BCUT2D eigenvalue weighted by molar-refractivity contribution is -0.119. The quantitative estimate of drug-likeness (QED) is 0.494. The molecule has 2 aromatic carbocycles. The minimum Gasteiger partial charge on any atom is -0.494 e. The molecule has 0 unspecified atom stereocenters. The van der Waals surface area contributed by atoms with Gasteiger partial charge in [0.25, 0.3) is 11.5 Å². The zero-order valence-electron chi connectivity index (χ0n) is 17.1. The standard InChI is InChI=1S/C22H21N5O4/c1-3-30-17-8-10-18(11-9-17)31-13-20(28)25-26-14-23-21-19(22(26)29)12-24-27(21)16-6-4-15(2)5-7-16/h4-12,14H,3,13H2,1-2H3,(H,25,28). The second-order valence-electron chi connectivity index (χ2n) is 6.78. The summed E-state index contributed by atoms with van der Waals surface area (Å²) in [6.07, 6.45) is 2.69. The Kier molecular flexibility index (Phi) is 5.65. The first-order chi connectivity index (χ1) is 15.0. The maximum Gasteiger partial charge on any atom is 0.283 e. The number of rotatable bonds is 7. The van der Waals surface area contributed by atoms with Crippen molar-refractivity contribution in [2.24, 2.45) is 0 Å². The van der Waals surface area contributed by atoms with Crippen LogP contribution < -0.4 is 20.5 Å². The summed E-state index contributed by atoms with van der Waals surface area (Å²) in [5, 5.41) is 4.55. The molecule has 0 saturated carbocycles. The van der Waals surface area contributed by atoms with Crippen LogP contribution in [0.1, 0.15) is 12.5 Å². The van der Waals surface area contributed by atoms with Crippen LogP contribution in [0, 0.1) is 6.92 Å². The van der Waals surface area contributed by atoms with E-state index in [1.165, 1.54) is 12.5 Å². The van der Waals surface area contributed by atoms with Gasteiger partial charge >= 0.3 is 0 Å². The lowest BCUT2D eigenvalue weighted by Gasteiger charge is -2.10. The van der Waals surface area contributed by atoms with Gasteiger partial charge in [-0.05, 0) is 50.2 Å². The van der Waals surface area contributed by atoms with Crippen LogP contribution in [0.3, 0.4) is 0 Å². The third kappa shape index (κ3) is 4.40. The molecule has 2 aromatic heterocycles. The van der Waals surface area contributed by atoms with Crippen molar-refractivity contribution >= 4 is 16.9 Å². The van der Waals surface area contributed by atoms with Crippen LogP contribution in [0.4, 0.5) is 0 Å². The maximum atomic E-state index is 12.7. The Bertz CT molecular complexity index is 1260. The minimum absolute atomic E-state index is 0.263. The van der Waals surface area contributed by atoms with Gasteiger partial charge in [0.1, 0.15) is 23.2 Å². The number of nitrogens with one attached hydrogen (secondary N) is 1. The van der Waals surface area contributed by atoms with Crippen LogP contribution in [0.25, 0.3) is 16.7 Å². The summed E-state index contributed by atoms with van der Waals surface area (Å²) in [5.41, 5.74) is 4.36. The van der Waals surface area contributed by atoms with Gasteiger partial charge in [-0.3, -0.25) is 15.0 Å². The van der Waals surface area contributed by atoms with E-state index < -0.39 is 11.5 Å². The first-order valence-electron chi connectivity index (χ1n) is 9.73. The van der Waals surface area contributed by atoms with Crippen LogP contribution in [-0.2, 0) is 4.79 Å². The van der Waals surface area contributed by atoms with Gasteiger partial charge in [0, 0.05) is 0 Å². The Balaban J connectivity index is 1.46. The highest BCUT2D eigenvalue weighted by Crippen LogP contribution is 2.17. The molecule has 0 fully saturated rings. The Morgan fingerprint density at radius 3 is 2.39 bits per heavy atom. The number of aryl methyl sites for hydroxylation is 1. The number of aromatic nitrogens is 4. The van der Waals surface area contributed by atoms with Crippen molar-refractivity contribution in [3.63, 3.8) is 0 Å². The molecule has 2 heterocycles. The van der Waals surface area contributed by atoms with Crippen molar-refractivity contribution < 1.29 is 14.3 Å². The van der Waals surface area contributed by atoms with Crippen molar-refractivity contribution in [1.82, 2.24) is 19.4 Å². The number of carbonyl (C=O) groups excluding carboxylic acids is 1. The zero-order valence-corrected chi connectivity index (χ0v) is 17.1. The highest BCUT2D eigenvalue weighted by atomic mass is 16.5. The summed E-state index contributed by atoms with van der Waals surface area (Å²) in [6.45, 7) is 4.20. The summed E-state index contributed by atoms with van der Waals surface area (Å²) < 4.78 is 13.4. The number of carbonyl (C=O) groups is 1.